The van der Waals surface area contributed by atoms with Gasteiger partial charge >= 0.3 is 24.3 Å². The summed E-state index contributed by atoms with van der Waals surface area (Å²) in [6, 6.07) is 17.3. The maximum atomic E-state index is 13.0. The van der Waals surface area contributed by atoms with Gasteiger partial charge in [0.25, 0.3) is 5.91 Å². The average Bonchev–Trinajstić information content (AvgIpc) is 3.59. The van der Waals surface area contributed by atoms with Gasteiger partial charge in [-0.25, -0.2) is 19.6 Å². The molecule has 5 aromatic heterocycles. The van der Waals surface area contributed by atoms with Gasteiger partial charge in [0.2, 0.25) is 0 Å². The number of hydrogen-bond acceptors (Lipinski definition) is 6. The van der Waals surface area contributed by atoms with Gasteiger partial charge in [0.05, 0.1) is 17.8 Å². The highest BCUT2D eigenvalue weighted by molar-refractivity contribution is 6.07. The predicted octanol–water partition coefficient (Wildman–Crippen LogP) is 5.47. The molecular weight excluding hydrogens is 614 g/mol. The summed E-state index contributed by atoms with van der Waals surface area (Å²) < 4.78 is 67.5. The van der Waals surface area contributed by atoms with Crippen molar-refractivity contribution in [3.8, 4) is 11.4 Å². The van der Waals surface area contributed by atoms with Crippen molar-refractivity contribution in [2.75, 3.05) is 5.32 Å². The molecule has 17 heteroatoms. The van der Waals surface area contributed by atoms with E-state index in [0.717, 1.165) is 22.3 Å². The fourth-order valence-electron chi connectivity index (χ4n) is 3.48. The number of aryl methyl sites for hydroxylation is 1. The third-order valence-electron chi connectivity index (χ3n) is 5.48. The lowest BCUT2D eigenvalue weighted by Crippen LogP contribution is -2.21. The van der Waals surface area contributed by atoms with Crippen LogP contribution in [-0.2, 0) is 16.1 Å². The molecule has 3 N–H and O–H groups in total. The van der Waals surface area contributed by atoms with E-state index in [1.807, 2.05) is 78.4 Å². The lowest BCUT2D eigenvalue weighted by molar-refractivity contribution is -0.193. The Bertz CT molecular complexity index is 1740. The topological polar surface area (TPSA) is 152 Å². The lowest BCUT2D eigenvalue weighted by Gasteiger charge is -2.03. The van der Waals surface area contributed by atoms with Crippen LogP contribution in [0.3, 0.4) is 0 Å². The molecule has 0 fully saturated rings. The quantitative estimate of drug-likeness (QED) is 0.215. The van der Waals surface area contributed by atoms with Gasteiger partial charge in [0, 0.05) is 36.5 Å². The van der Waals surface area contributed by atoms with E-state index >= 15 is 0 Å². The molecular formula is C28H22F6N6O5. The number of aromatic nitrogens is 5. The fraction of sp³-hybridized carbons (Fsp3) is 0.143. The van der Waals surface area contributed by atoms with Gasteiger partial charge in [0.15, 0.2) is 5.69 Å². The Morgan fingerprint density at radius 1 is 0.844 bits per heavy atom. The van der Waals surface area contributed by atoms with Crippen molar-refractivity contribution >= 4 is 29.2 Å². The zero-order valence-electron chi connectivity index (χ0n) is 22.9. The smallest absolute Gasteiger partial charge is 0.475 e. The molecule has 0 bridgehead atoms. The molecule has 0 atom stereocenters. The van der Waals surface area contributed by atoms with E-state index in [0.29, 0.717) is 23.9 Å². The Kier molecular flexibility index (Phi) is 10.6. The van der Waals surface area contributed by atoms with E-state index < -0.39 is 24.3 Å². The molecule has 1 amide bonds. The molecule has 0 aromatic carbocycles. The van der Waals surface area contributed by atoms with E-state index in [2.05, 4.69) is 24.8 Å². The predicted molar refractivity (Wildman–Crippen MR) is 146 cm³/mol. The molecule has 0 aliphatic heterocycles. The Labute approximate surface area is 249 Å². The van der Waals surface area contributed by atoms with Crippen LogP contribution in [0.4, 0.5) is 32.2 Å². The number of rotatable bonds is 5. The van der Waals surface area contributed by atoms with E-state index in [-0.39, 0.29) is 5.91 Å². The Hall–Kier alpha value is -5.74. The van der Waals surface area contributed by atoms with Gasteiger partial charge in [-0.1, -0.05) is 18.2 Å². The van der Waals surface area contributed by atoms with Gasteiger partial charge in [-0.15, -0.1) is 0 Å². The highest BCUT2D eigenvalue weighted by atomic mass is 19.4. The highest BCUT2D eigenvalue weighted by Crippen LogP contribution is 2.24. The number of aliphatic carboxylic acids is 2. The first-order valence-electron chi connectivity index (χ1n) is 12.4. The third kappa shape index (κ3) is 9.63. The zero-order chi connectivity index (χ0) is 33.4. The number of halogens is 6. The molecule has 0 radical (unpaired) electrons. The minimum atomic E-state index is -5.08. The molecule has 0 spiro atoms. The van der Waals surface area contributed by atoms with Crippen molar-refractivity contribution in [1.29, 1.82) is 0 Å². The van der Waals surface area contributed by atoms with Crippen molar-refractivity contribution in [3.63, 3.8) is 0 Å². The van der Waals surface area contributed by atoms with Crippen LogP contribution in [0.15, 0.2) is 85.6 Å². The molecule has 236 valence electrons. The van der Waals surface area contributed by atoms with Crippen LogP contribution in [0.5, 0.6) is 0 Å². The van der Waals surface area contributed by atoms with Crippen molar-refractivity contribution in [1.82, 2.24) is 23.9 Å². The number of nitrogens with one attached hydrogen (secondary N) is 1. The average molecular weight is 637 g/mol. The normalized spacial score (nSPS) is 11.1. The second-order valence-corrected chi connectivity index (χ2v) is 8.91. The maximum Gasteiger partial charge on any atom is 0.490 e. The lowest BCUT2D eigenvalue weighted by atomic mass is 10.3. The van der Waals surface area contributed by atoms with E-state index in [1.165, 1.54) is 0 Å². The summed E-state index contributed by atoms with van der Waals surface area (Å²) in [6.45, 7) is 2.62. The SMILES string of the molecule is Cc1ccc(NC(=O)c2nc(-c3ccn(Cc4ccccn4)c3)n3ccccc23)nc1.O=C(O)C(F)(F)F.O=C(O)C(F)(F)F. The van der Waals surface area contributed by atoms with Crippen LogP contribution < -0.4 is 5.32 Å². The number of hydrogen-bond donors (Lipinski definition) is 3. The van der Waals surface area contributed by atoms with E-state index in [1.54, 1.807) is 18.5 Å². The number of anilines is 1. The number of amides is 1. The van der Waals surface area contributed by atoms with Crippen molar-refractivity contribution < 1.29 is 50.9 Å². The number of carboxylic acids is 2. The molecule has 0 saturated carbocycles. The Balaban J connectivity index is 0.000000331. The van der Waals surface area contributed by atoms with E-state index in [4.69, 9.17) is 19.8 Å². The summed E-state index contributed by atoms with van der Waals surface area (Å²) in [5.74, 6) is -4.60. The van der Waals surface area contributed by atoms with Crippen LogP contribution >= 0.6 is 0 Å². The largest absolute Gasteiger partial charge is 0.490 e. The Morgan fingerprint density at radius 3 is 2.04 bits per heavy atom. The monoisotopic (exact) mass is 636 g/mol. The number of imidazole rings is 1. The molecule has 0 aliphatic carbocycles. The van der Waals surface area contributed by atoms with Gasteiger partial charge in [0.1, 0.15) is 11.6 Å². The van der Waals surface area contributed by atoms with Crippen LogP contribution in [0, 0.1) is 6.92 Å². The van der Waals surface area contributed by atoms with Crippen LogP contribution in [0.1, 0.15) is 21.7 Å². The number of carbonyl (C=O) groups excluding carboxylic acids is 1. The van der Waals surface area contributed by atoms with Crippen LogP contribution in [0.25, 0.3) is 16.9 Å². The minimum Gasteiger partial charge on any atom is -0.475 e. The van der Waals surface area contributed by atoms with Crippen LogP contribution in [-0.4, -0.2) is 64.3 Å². The van der Waals surface area contributed by atoms with Crippen molar-refractivity contribution in [2.45, 2.75) is 25.8 Å². The number of pyridine rings is 3. The van der Waals surface area contributed by atoms with Gasteiger partial charge in [-0.3, -0.25) is 14.2 Å². The standard InChI is InChI=1S/C24H20N6O.2C2HF3O2/c1-17-8-9-21(26-14-17)27-24(31)22-20-7-3-5-12-30(20)23(28-22)18-10-13-29(15-18)16-19-6-2-4-11-25-19;2*3-2(4,5)1(6)7/h2-15H,16H2,1H3,(H,26,27,31);2*(H,6,7). The fourth-order valence-corrected chi connectivity index (χ4v) is 3.48. The molecule has 0 saturated heterocycles. The summed E-state index contributed by atoms with van der Waals surface area (Å²) >= 11 is 0. The summed E-state index contributed by atoms with van der Waals surface area (Å²) in [6.07, 6.45) is -0.745. The second kappa shape index (κ2) is 14.2. The number of carbonyl (C=O) groups is 3. The van der Waals surface area contributed by atoms with Crippen LogP contribution in [0.2, 0.25) is 0 Å². The second-order valence-electron chi connectivity index (χ2n) is 8.91. The highest BCUT2D eigenvalue weighted by Gasteiger charge is 2.38. The first-order chi connectivity index (χ1) is 21.1. The van der Waals surface area contributed by atoms with Gasteiger partial charge in [-0.05, 0) is 48.9 Å². The first kappa shape index (κ1) is 33.8. The number of carboxylic acid groups (broad SMARTS) is 2. The van der Waals surface area contributed by atoms with E-state index in [9.17, 15) is 31.1 Å². The maximum absolute atomic E-state index is 13.0. The van der Waals surface area contributed by atoms with Crippen molar-refractivity contribution in [3.05, 3.63) is 103 Å². The molecule has 5 rings (SSSR count). The molecule has 11 nitrogen and oxygen atoms in total. The third-order valence-corrected chi connectivity index (χ3v) is 5.48. The number of fused-ring (bicyclic) bond motifs is 1. The summed E-state index contributed by atoms with van der Waals surface area (Å²) in [5, 5.41) is 17.1. The summed E-state index contributed by atoms with van der Waals surface area (Å²) in [4.78, 5) is 44.1. The Morgan fingerprint density at radius 2 is 1.49 bits per heavy atom. The number of alkyl halides is 6. The zero-order valence-corrected chi connectivity index (χ0v) is 22.9. The molecule has 5 aromatic rings. The number of nitrogens with zero attached hydrogens (tertiary/aromatic N) is 5. The van der Waals surface area contributed by atoms with Crippen molar-refractivity contribution in [2.24, 2.45) is 0 Å². The van der Waals surface area contributed by atoms with Gasteiger partial charge in [-0.2, -0.15) is 26.3 Å². The summed E-state index contributed by atoms with van der Waals surface area (Å²) in [7, 11) is 0. The molecule has 5 heterocycles. The van der Waals surface area contributed by atoms with Gasteiger partial charge < -0.3 is 20.1 Å². The molecule has 0 unspecified atom stereocenters. The summed E-state index contributed by atoms with van der Waals surface area (Å²) in [5.41, 5.74) is 4.02. The minimum absolute atomic E-state index is 0.292. The first-order valence-corrected chi connectivity index (χ1v) is 12.4. The molecule has 0 aliphatic rings. The molecule has 45 heavy (non-hydrogen) atoms.